The zero-order chi connectivity index (χ0) is 15.9. The van der Waals surface area contributed by atoms with Crippen LogP contribution in [0.15, 0.2) is 24.3 Å². The second-order valence-corrected chi connectivity index (χ2v) is 6.03. The monoisotopic (exact) mass is 320 g/mol. The smallest absolute Gasteiger partial charge is 0.286 e. The number of aliphatic hydroxyl groups is 1. The van der Waals surface area contributed by atoms with Gasteiger partial charge in [0.05, 0.1) is 13.2 Å². The summed E-state index contributed by atoms with van der Waals surface area (Å²) in [7, 11) is 1.88. The lowest BCUT2D eigenvalue weighted by Gasteiger charge is -2.11. The van der Waals surface area contributed by atoms with Crippen molar-refractivity contribution in [1.29, 1.82) is 0 Å². The van der Waals surface area contributed by atoms with Gasteiger partial charge in [-0.3, -0.25) is 9.69 Å². The van der Waals surface area contributed by atoms with Crippen LogP contribution in [0.3, 0.4) is 0 Å². The van der Waals surface area contributed by atoms with Crippen molar-refractivity contribution in [3.05, 3.63) is 39.8 Å². The lowest BCUT2D eigenvalue weighted by Crippen LogP contribution is -2.21. The summed E-state index contributed by atoms with van der Waals surface area (Å²) in [6.45, 7) is 3.31. The Bertz CT molecular complexity index is 612. The molecule has 22 heavy (non-hydrogen) atoms. The summed E-state index contributed by atoms with van der Waals surface area (Å²) in [6.07, 6.45) is 0.968. The highest BCUT2D eigenvalue weighted by molar-refractivity contribution is 7.13. The predicted octanol–water partition coefficient (Wildman–Crippen LogP) is 1.78. The first-order chi connectivity index (χ1) is 10.6. The highest BCUT2D eigenvalue weighted by atomic mass is 32.1. The van der Waals surface area contributed by atoms with E-state index in [-0.39, 0.29) is 12.5 Å². The Hall–Kier alpha value is -1.83. The quantitative estimate of drug-likeness (QED) is 0.813. The van der Waals surface area contributed by atoms with Gasteiger partial charge in [-0.1, -0.05) is 30.4 Å². The van der Waals surface area contributed by atoms with Gasteiger partial charge < -0.3 is 10.4 Å². The Morgan fingerprint density at radius 2 is 2.05 bits per heavy atom. The number of carbonyl (C=O) groups is 1. The number of likely N-dealkylation sites (N-methyl/N-ethyl adjacent to an activating group) is 1. The molecule has 0 saturated carbocycles. The highest BCUT2D eigenvalue weighted by Crippen LogP contribution is 2.15. The summed E-state index contributed by atoms with van der Waals surface area (Å²) in [6, 6.07) is 7.75. The molecule has 0 unspecified atom stereocenters. The molecule has 0 spiro atoms. The standard InChI is InChI=1S/C15H20N4O2S/c1-3-11-4-6-12(7-5-11)16-14(21)15-18-17-13(22-15)10-19(2)8-9-20/h4-7,20H,3,8-10H2,1-2H3,(H,16,21). The number of nitrogens with one attached hydrogen (secondary N) is 1. The topological polar surface area (TPSA) is 78.4 Å². The number of amides is 1. The predicted molar refractivity (Wildman–Crippen MR) is 87.1 cm³/mol. The zero-order valence-electron chi connectivity index (χ0n) is 12.7. The van der Waals surface area contributed by atoms with Crippen LogP contribution in [-0.4, -0.2) is 46.3 Å². The van der Waals surface area contributed by atoms with Gasteiger partial charge in [0.15, 0.2) is 0 Å². The van der Waals surface area contributed by atoms with E-state index in [1.807, 2.05) is 36.2 Å². The number of aliphatic hydroxyl groups excluding tert-OH is 1. The lowest BCUT2D eigenvalue weighted by molar-refractivity contribution is 0.102. The van der Waals surface area contributed by atoms with Crippen LogP contribution in [0.1, 0.15) is 27.3 Å². The molecule has 118 valence electrons. The molecule has 2 aromatic rings. The highest BCUT2D eigenvalue weighted by Gasteiger charge is 2.14. The maximum Gasteiger partial charge on any atom is 0.286 e. The van der Waals surface area contributed by atoms with E-state index >= 15 is 0 Å². The number of anilines is 1. The van der Waals surface area contributed by atoms with Crippen molar-refractivity contribution in [2.24, 2.45) is 0 Å². The molecule has 0 atom stereocenters. The van der Waals surface area contributed by atoms with Crippen molar-refractivity contribution < 1.29 is 9.90 Å². The molecule has 7 heteroatoms. The maximum absolute atomic E-state index is 12.1. The van der Waals surface area contributed by atoms with Crippen LogP contribution in [0.4, 0.5) is 5.69 Å². The molecular weight excluding hydrogens is 300 g/mol. The van der Waals surface area contributed by atoms with E-state index in [4.69, 9.17) is 5.11 Å². The van der Waals surface area contributed by atoms with Crippen LogP contribution in [-0.2, 0) is 13.0 Å². The Morgan fingerprint density at radius 1 is 1.32 bits per heavy atom. The van der Waals surface area contributed by atoms with Crippen molar-refractivity contribution in [2.45, 2.75) is 19.9 Å². The molecule has 0 radical (unpaired) electrons. The molecule has 2 rings (SSSR count). The van der Waals surface area contributed by atoms with Crippen molar-refractivity contribution in [1.82, 2.24) is 15.1 Å². The average Bonchev–Trinajstić information content (AvgIpc) is 2.97. The van der Waals surface area contributed by atoms with E-state index in [0.717, 1.165) is 17.1 Å². The third kappa shape index (κ3) is 4.59. The van der Waals surface area contributed by atoms with Gasteiger partial charge in [0.2, 0.25) is 5.01 Å². The van der Waals surface area contributed by atoms with Gasteiger partial charge in [-0.05, 0) is 31.2 Å². The average molecular weight is 320 g/mol. The molecule has 0 bridgehead atoms. The van der Waals surface area contributed by atoms with Gasteiger partial charge in [-0.25, -0.2) is 0 Å². The van der Waals surface area contributed by atoms with Crippen LogP contribution < -0.4 is 5.32 Å². The Kier molecular flexibility index (Phi) is 6.00. The number of benzene rings is 1. The Labute approximate surface area is 133 Å². The Balaban J connectivity index is 1.96. The second-order valence-electron chi connectivity index (χ2n) is 4.97. The van der Waals surface area contributed by atoms with Crippen LogP contribution in [0, 0.1) is 0 Å². The minimum atomic E-state index is -0.252. The molecular formula is C15H20N4O2S. The first-order valence-corrected chi connectivity index (χ1v) is 7.96. The van der Waals surface area contributed by atoms with E-state index in [9.17, 15) is 4.79 Å². The lowest BCUT2D eigenvalue weighted by atomic mass is 10.1. The van der Waals surface area contributed by atoms with Crippen LogP contribution >= 0.6 is 11.3 Å². The third-order valence-electron chi connectivity index (χ3n) is 3.17. The molecule has 6 nitrogen and oxygen atoms in total. The first-order valence-electron chi connectivity index (χ1n) is 7.14. The zero-order valence-corrected chi connectivity index (χ0v) is 13.6. The second kappa shape index (κ2) is 7.98. The molecule has 1 aromatic carbocycles. The minimum absolute atomic E-state index is 0.0937. The van der Waals surface area contributed by atoms with Crippen molar-refractivity contribution >= 4 is 22.9 Å². The van der Waals surface area contributed by atoms with Gasteiger partial charge in [0.1, 0.15) is 5.01 Å². The van der Waals surface area contributed by atoms with Gasteiger partial charge in [0.25, 0.3) is 5.91 Å². The molecule has 1 heterocycles. The van der Waals surface area contributed by atoms with Gasteiger partial charge in [-0.15, -0.1) is 10.2 Å². The fraction of sp³-hybridized carbons (Fsp3) is 0.400. The fourth-order valence-electron chi connectivity index (χ4n) is 1.90. The van der Waals surface area contributed by atoms with Gasteiger partial charge >= 0.3 is 0 Å². The number of nitrogens with zero attached hydrogens (tertiary/aromatic N) is 3. The summed E-state index contributed by atoms with van der Waals surface area (Å²) in [5, 5.41) is 20.7. The number of carbonyl (C=O) groups excluding carboxylic acids is 1. The van der Waals surface area contributed by atoms with E-state index in [1.165, 1.54) is 16.9 Å². The van der Waals surface area contributed by atoms with Crippen LogP contribution in [0.25, 0.3) is 0 Å². The molecule has 0 aliphatic carbocycles. The molecule has 2 N–H and O–H groups in total. The number of aryl methyl sites for hydroxylation is 1. The van der Waals surface area contributed by atoms with Gasteiger partial charge in [-0.2, -0.15) is 0 Å². The van der Waals surface area contributed by atoms with Crippen molar-refractivity contribution in [2.75, 3.05) is 25.5 Å². The van der Waals surface area contributed by atoms with Crippen LogP contribution in [0.2, 0.25) is 0 Å². The molecule has 0 aliphatic heterocycles. The van der Waals surface area contributed by atoms with Gasteiger partial charge in [0, 0.05) is 12.2 Å². The molecule has 1 aromatic heterocycles. The molecule has 0 saturated heterocycles. The number of rotatable bonds is 7. The SMILES string of the molecule is CCc1ccc(NC(=O)c2nnc(CN(C)CCO)s2)cc1. The van der Waals surface area contributed by atoms with E-state index < -0.39 is 0 Å². The summed E-state index contributed by atoms with van der Waals surface area (Å²) in [5.74, 6) is -0.252. The number of aromatic nitrogens is 2. The summed E-state index contributed by atoms with van der Waals surface area (Å²) in [5.41, 5.74) is 1.97. The largest absolute Gasteiger partial charge is 0.395 e. The normalized spacial score (nSPS) is 10.9. The summed E-state index contributed by atoms with van der Waals surface area (Å²) in [4.78, 5) is 14.1. The molecule has 1 amide bonds. The Morgan fingerprint density at radius 3 is 2.68 bits per heavy atom. The van der Waals surface area contributed by atoms with E-state index in [1.54, 1.807) is 0 Å². The van der Waals surface area contributed by atoms with E-state index in [2.05, 4.69) is 22.4 Å². The first kappa shape index (κ1) is 16.5. The number of hydrogen-bond acceptors (Lipinski definition) is 6. The minimum Gasteiger partial charge on any atom is -0.395 e. The number of hydrogen-bond donors (Lipinski definition) is 2. The van der Waals surface area contributed by atoms with E-state index in [0.29, 0.717) is 18.1 Å². The van der Waals surface area contributed by atoms with Crippen molar-refractivity contribution in [3.63, 3.8) is 0 Å². The summed E-state index contributed by atoms with van der Waals surface area (Å²) >= 11 is 1.26. The van der Waals surface area contributed by atoms with Crippen LogP contribution in [0.5, 0.6) is 0 Å². The fourth-order valence-corrected chi connectivity index (χ4v) is 2.71. The molecule has 0 fully saturated rings. The maximum atomic E-state index is 12.1. The summed E-state index contributed by atoms with van der Waals surface area (Å²) < 4.78 is 0. The van der Waals surface area contributed by atoms with Crippen molar-refractivity contribution in [3.8, 4) is 0 Å². The molecule has 0 aliphatic rings. The third-order valence-corrected chi connectivity index (χ3v) is 4.07.